The van der Waals surface area contributed by atoms with Gasteiger partial charge in [0.05, 0.1) is 36.3 Å². The number of halogens is 1. The third-order valence-electron chi connectivity index (χ3n) is 6.31. The van der Waals surface area contributed by atoms with Gasteiger partial charge in [-0.25, -0.2) is 0 Å². The predicted molar refractivity (Wildman–Crippen MR) is 142 cm³/mol. The smallest absolute Gasteiger partial charge is 0.229 e. The van der Waals surface area contributed by atoms with Crippen molar-refractivity contribution in [1.29, 1.82) is 5.26 Å². The third-order valence-corrected chi connectivity index (χ3v) is 7.72. The Morgan fingerprint density at radius 2 is 1.86 bits per heavy atom. The molecule has 2 aliphatic rings. The van der Waals surface area contributed by atoms with E-state index < -0.39 is 0 Å². The Hall–Kier alpha value is -3.60. The summed E-state index contributed by atoms with van der Waals surface area (Å²) in [5.74, 6) is 1.48. The fourth-order valence-corrected chi connectivity index (χ4v) is 5.71. The number of amides is 1. The van der Waals surface area contributed by atoms with Crippen LogP contribution in [0.1, 0.15) is 23.5 Å². The summed E-state index contributed by atoms with van der Waals surface area (Å²) in [7, 11) is 1.59. The zero-order valence-corrected chi connectivity index (χ0v) is 21.3. The molecule has 0 aliphatic carbocycles. The molecule has 1 fully saturated rings. The standard InChI is InChI=1S/C28H24ClN3O3S/c1-34-26-13-20(7-12-25(26)35-16-19-5-3-2-4-6-19)23-14-27(33)32-17-31(18-36-28(32)24(23)15-30)22-10-8-21(29)9-11-22/h2-13,23H,14,16-18H2,1H3/t23-/m0/s1. The van der Waals surface area contributed by atoms with E-state index in [1.54, 1.807) is 12.0 Å². The molecule has 36 heavy (non-hydrogen) atoms. The number of ether oxygens (including phenoxy) is 2. The van der Waals surface area contributed by atoms with Gasteiger partial charge >= 0.3 is 0 Å². The van der Waals surface area contributed by atoms with Crippen molar-refractivity contribution in [2.75, 3.05) is 24.6 Å². The largest absolute Gasteiger partial charge is 0.493 e. The van der Waals surface area contributed by atoms with E-state index in [9.17, 15) is 10.1 Å². The lowest BCUT2D eigenvalue weighted by Gasteiger charge is -2.42. The first-order valence-electron chi connectivity index (χ1n) is 11.5. The summed E-state index contributed by atoms with van der Waals surface area (Å²) in [6, 6.07) is 25.5. The molecule has 5 rings (SSSR count). The van der Waals surface area contributed by atoms with E-state index >= 15 is 0 Å². The van der Waals surface area contributed by atoms with Crippen LogP contribution in [0.25, 0.3) is 0 Å². The van der Waals surface area contributed by atoms with Crippen LogP contribution < -0.4 is 14.4 Å². The molecule has 0 radical (unpaired) electrons. The molecule has 6 nitrogen and oxygen atoms in total. The quantitative estimate of drug-likeness (QED) is 0.391. The molecular weight excluding hydrogens is 494 g/mol. The molecule has 8 heteroatoms. The summed E-state index contributed by atoms with van der Waals surface area (Å²) in [5, 5.41) is 11.5. The molecule has 0 bridgehead atoms. The minimum atomic E-state index is -0.333. The van der Waals surface area contributed by atoms with Crippen molar-refractivity contribution in [2.24, 2.45) is 0 Å². The molecule has 0 saturated carbocycles. The second-order valence-electron chi connectivity index (χ2n) is 8.52. The second-order valence-corrected chi connectivity index (χ2v) is 9.89. The van der Waals surface area contributed by atoms with Gasteiger partial charge in [0.15, 0.2) is 11.5 Å². The highest BCUT2D eigenvalue weighted by atomic mass is 35.5. The van der Waals surface area contributed by atoms with E-state index in [-0.39, 0.29) is 18.2 Å². The monoisotopic (exact) mass is 517 g/mol. The number of carbonyl (C=O) groups excluding carboxylic acids is 1. The number of nitrogens with zero attached hydrogens (tertiary/aromatic N) is 3. The van der Waals surface area contributed by atoms with Crippen molar-refractivity contribution < 1.29 is 14.3 Å². The van der Waals surface area contributed by atoms with Crippen LogP contribution in [-0.4, -0.2) is 30.5 Å². The number of nitriles is 1. The van der Waals surface area contributed by atoms with Gasteiger partial charge in [0.2, 0.25) is 5.91 Å². The maximum absolute atomic E-state index is 13.3. The van der Waals surface area contributed by atoms with Gasteiger partial charge in [-0.15, -0.1) is 0 Å². The normalized spacial score (nSPS) is 17.5. The number of fused-ring (bicyclic) bond motifs is 1. The van der Waals surface area contributed by atoms with Crippen LogP contribution in [0.3, 0.4) is 0 Å². The maximum Gasteiger partial charge on any atom is 0.229 e. The minimum absolute atomic E-state index is 0.0106. The lowest BCUT2D eigenvalue weighted by Crippen LogP contribution is -2.47. The number of thioether (sulfide) groups is 1. The highest BCUT2D eigenvalue weighted by molar-refractivity contribution is 8.03. The Bertz CT molecular complexity index is 1340. The first-order valence-corrected chi connectivity index (χ1v) is 12.9. The Labute approximate surface area is 219 Å². The third kappa shape index (κ3) is 4.88. The van der Waals surface area contributed by atoms with Crippen molar-refractivity contribution in [3.63, 3.8) is 0 Å². The molecular formula is C28H24ClN3O3S. The Balaban J connectivity index is 1.38. The number of carbonyl (C=O) groups is 1. The Kier molecular flexibility index (Phi) is 7.08. The zero-order chi connectivity index (χ0) is 25.1. The summed E-state index contributed by atoms with van der Waals surface area (Å²) in [4.78, 5) is 17.1. The molecule has 0 unspecified atom stereocenters. The maximum atomic E-state index is 13.3. The van der Waals surface area contributed by atoms with Gasteiger partial charge in [-0.2, -0.15) is 5.26 Å². The van der Waals surface area contributed by atoms with E-state index in [1.165, 1.54) is 11.8 Å². The minimum Gasteiger partial charge on any atom is -0.493 e. The molecule has 1 saturated heterocycles. The SMILES string of the molecule is COc1cc([C@@H]2CC(=O)N3CN(c4ccc(Cl)cc4)CSC3=C2C#N)ccc1OCc1ccccc1. The highest BCUT2D eigenvalue weighted by Crippen LogP contribution is 2.44. The molecule has 1 atom stereocenters. The van der Waals surface area contributed by atoms with Crippen LogP contribution in [0.2, 0.25) is 5.02 Å². The second kappa shape index (κ2) is 10.6. The molecule has 3 aromatic rings. The van der Waals surface area contributed by atoms with Crippen LogP contribution in [-0.2, 0) is 11.4 Å². The van der Waals surface area contributed by atoms with E-state index in [4.69, 9.17) is 21.1 Å². The molecule has 182 valence electrons. The number of allylic oxidation sites excluding steroid dienone is 1. The van der Waals surface area contributed by atoms with Gasteiger partial charge in [0.25, 0.3) is 0 Å². The number of rotatable bonds is 6. The predicted octanol–water partition coefficient (Wildman–Crippen LogP) is 6.15. The van der Waals surface area contributed by atoms with Crippen molar-refractivity contribution in [1.82, 2.24) is 4.90 Å². The summed E-state index contributed by atoms with van der Waals surface area (Å²) in [5.41, 5.74) is 3.50. The van der Waals surface area contributed by atoms with E-state index in [2.05, 4.69) is 11.0 Å². The molecule has 1 amide bonds. The van der Waals surface area contributed by atoms with Crippen molar-refractivity contribution in [2.45, 2.75) is 18.9 Å². The number of anilines is 1. The lowest BCUT2D eigenvalue weighted by atomic mass is 9.86. The van der Waals surface area contributed by atoms with Gasteiger partial charge in [0, 0.05) is 23.0 Å². The van der Waals surface area contributed by atoms with Crippen LogP contribution in [0.4, 0.5) is 5.69 Å². The van der Waals surface area contributed by atoms with Gasteiger partial charge < -0.3 is 14.4 Å². The van der Waals surface area contributed by atoms with Crippen LogP contribution in [0, 0.1) is 11.3 Å². The topological polar surface area (TPSA) is 65.8 Å². The first kappa shape index (κ1) is 24.1. The summed E-state index contributed by atoms with van der Waals surface area (Å²) in [6.45, 7) is 0.817. The van der Waals surface area contributed by atoms with Gasteiger partial charge in [-0.3, -0.25) is 9.69 Å². The molecule has 2 heterocycles. The first-order chi connectivity index (χ1) is 17.6. The Morgan fingerprint density at radius 1 is 1.08 bits per heavy atom. The lowest BCUT2D eigenvalue weighted by molar-refractivity contribution is -0.129. The van der Waals surface area contributed by atoms with Crippen molar-refractivity contribution in [3.05, 3.63) is 99.5 Å². The van der Waals surface area contributed by atoms with Gasteiger partial charge in [0.1, 0.15) is 6.61 Å². The average Bonchev–Trinajstić information content (AvgIpc) is 2.92. The van der Waals surface area contributed by atoms with Crippen molar-refractivity contribution in [3.8, 4) is 17.6 Å². The number of hydrogen-bond donors (Lipinski definition) is 0. The van der Waals surface area contributed by atoms with E-state index in [0.29, 0.717) is 41.2 Å². The van der Waals surface area contributed by atoms with Crippen LogP contribution in [0.15, 0.2) is 83.4 Å². The molecule has 0 aromatic heterocycles. The fourth-order valence-electron chi connectivity index (χ4n) is 4.42. The van der Waals surface area contributed by atoms with Crippen molar-refractivity contribution >= 4 is 35.0 Å². The average molecular weight is 518 g/mol. The fraction of sp³-hybridized carbons (Fsp3) is 0.214. The van der Waals surface area contributed by atoms with Crippen LogP contribution >= 0.6 is 23.4 Å². The van der Waals surface area contributed by atoms with Crippen LogP contribution in [0.5, 0.6) is 11.5 Å². The summed E-state index contributed by atoms with van der Waals surface area (Å²) < 4.78 is 11.6. The van der Waals surface area contributed by atoms with Gasteiger partial charge in [-0.1, -0.05) is 59.8 Å². The number of benzene rings is 3. The molecule has 0 spiro atoms. The summed E-state index contributed by atoms with van der Waals surface area (Å²) >= 11 is 7.53. The number of methoxy groups -OCH3 is 1. The highest BCUT2D eigenvalue weighted by Gasteiger charge is 2.38. The summed E-state index contributed by atoms with van der Waals surface area (Å²) in [6.07, 6.45) is 0.217. The Morgan fingerprint density at radius 3 is 2.58 bits per heavy atom. The zero-order valence-electron chi connectivity index (χ0n) is 19.7. The van der Waals surface area contributed by atoms with E-state index in [0.717, 1.165) is 21.8 Å². The molecule has 3 aromatic carbocycles. The molecule has 0 N–H and O–H groups in total. The van der Waals surface area contributed by atoms with Gasteiger partial charge in [-0.05, 0) is 47.5 Å². The number of hydrogen-bond acceptors (Lipinski definition) is 6. The molecule has 2 aliphatic heterocycles. The van der Waals surface area contributed by atoms with E-state index in [1.807, 2.05) is 72.8 Å².